The van der Waals surface area contributed by atoms with Crippen LogP contribution in [0.1, 0.15) is 21.9 Å². The number of rotatable bonds is 7. The Morgan fingerprint density at radius 1 is 1.00 bits per heavy atom. The fourth-order valence-corrected chi connectivity index (χ4v) is 8.12. The number of aromatic nitrogens is 1. The third kappa shape index (κ3) is 4.94. The number of ether oxygens (including phenoxy) is 2. The minimum Gasteiger partial charge on any atom is -0.493 e. The lowest BCUT2D eigenvalue weighted by atomic mass is 9.83. The van der Waals surface area contributed by atoms with Crippen LogP contribution in [0.3, 0.4) is 0 Å². The second-order valence-electron chi connectivity index (χ2n) is 9.47. The van der Waals surface area contributed by atoms with Gasteiger partial charge in [0.05, 0.1) is 28.7 Å². The van der Waals surface area contributed by atoms with Gasteiger partial charge in [-0.3, -0.25) is 24.5 Å². The summed E-state index contributed by atoms with van der Waals surface area (Å²) in [6.45, 7) is 0.150. The van der Waals surface area contributed by atoms with Crippen molar-refractivity contribution in [1.29, 1.82) is 0 Å². The number of imide groups is 1. The van der Waals surface area contributed by atoms with Gasteiger partial charge in [-0.2, -0.15) is 0 Å². The Hall–Kier alpha value is -3.84. The molecule has 1 fully saturated rings. The third-order valence-electron chi connectivity index (χ3n) is 7.09. The molecule has 4 aromatic rings. The Kier molecular flexibility index (Phi) is 7.48. The summed E-state index contributed by atoms with van der Waals surface area (Å²) in [6, 6.07) is 15.6. The molecule has 1 N–H and O–H groups in total. The maximum absolute atomic E-state index is 13.9. The molecule has 42 heavy (non-hydrogen) atoms. The molecule has 10 nitrogen and oxygen atoms in total. The topological polar surface area (TPSA) is 132 Å². The Balaban J connectivity index is 1.36. The number of H-pyrrole nitrogens is 1. The van der Waals surface area contributed by atoms with E-state index >= 15 is 0 Å². The van der Waals surface area contributed by atoms with E-state index in [0.717, 1.165) is 33.6 Å². The molecule has 0 spiro atoms. The number of methoxy groups -OCH3 is 1. The number of nitro groups is 1. The number of carbonyl (C=O) groups excluding carboxylic acids is 2. The monoisotopic (exact) mass is 643 g/mol. The van der Waals surface area contributed by atoms with Gasteiger partial charge in [0.15, 0.2) is 11.5 Å². The van der Waals surface area contributed by atoms with Crippen molar-refractivity contribution in [2.75, 3.05) is 12.0 Å². The first kappa shape index (κ1) is 28.3. The Bertz CT molecular complexity index is 1810. The van der Waals surface area contributed by atoms with Crippen molar-refractivity contribution in [3.63, 3.8) is 0 Å². The quantitative estimate of drug-likeness (QED) is 0.147. The largest absolute Gasteiger partial charge is 0.493 e. The van der Waals surface area contributed by atoms with Crippen molar-refractivity contribution in [2.45, 2.75) is 22.8 Å². The molecule has 14 heteroatoms. The van der Waals surface area contributed by atoms with Crippen molar-refractivity contribution in [3.8, 4) is 11.5 Å². The molecule has 1 saturated heterocycles. The average Bonchev–Trinajstić information content (AvgIpc) is 3.46. The number of anilines is 1. The van der Waals surface area contributed by atoms with E-state index in [1.54, 1.807) is 36.4 Å². The zero-order valence-corrected chi connectivity index (χ0v) is 24.7. The smallest absolute Gasteiger partial charge is 0.305 e. The van der Waals surface area contributed by atoms with Gasteiger partial charge in [0.1, 0.15) is 11.9 Å². The van der Waals surface area contributed by atoms with Gasteiger partial charge in [-0.25, -0.2) is 4.90 Å². The van der Waals surface area contributed by atoms with Crippen LogP contribution in [0.15, 0.2) is 70.5 Å². The van der Waals surface area contributed by atoms with E-state index in [2.05, 4.69) is 4.98 Å². The molecule has 3 atom stereocenters. The van der Waals surface area contributed by atoms with E-state index in [9.17, 15) is 24.5 Å². The van der Waals surface area contributed by atoms with Gasteiger partial charge >= 0.3 is 4.87 Å². The maximum atomic E-state index is 13.9. The second-order valence-corrected chi connectivity index (χ2v) is 12.5. The number of thiazole rings is 1. The van der Waals surface area contributed by atoms with Crippen molar-refractivity contribution in [3.05, 3.63) is 106 Å². The normalized spacial score (nSPS) is 19.4. The molecule has 2 amide bonds. The van der Waals surface area contributed by atoms with Crippen LogP contribution >= 0.6 is 46.3 Å². The highest BCUT2D eigenvalue weighted by molar-refractivity contribution is 8.00. The van der Waals surface area contributed by atoms with Crippen molar-refractivity contribution < 1.29 is 24.0 Å². The fraction of sp³-hybridized carbons (Fsp3) is 0.179. The van der Waals surface area contributed by atoms with Gasteiger partial charge in [0, 0.05) is 38.5 Å². The van der Waals surface area contributed by atoms with E-state index in [1.807, 2.05) is 0 Å². The van der Waals surface area contributed by atoms with E-state index < -0.39 is 33.8 Å². The molecule has 0 saturated carbocycles. The summed E-state index contributed by atoms with van der Waals surface area (Å²) in [5.74, 6) is -1.57. The average molecular weight is 645 g/mol. The minimum atomic E-state index is -0.832. The Labute approximate surface area is 256 Å². The molecular formula is C28H19Cl2N3O7S2. The molecule has 0 bridgehead atoms. The van der Waals surface area contributed by atoms with Crippen molar-refractivity contribution >= 4 is 69.5 Å². The molecule has 6 rings (SSSR count). The van der Waals surface area contributed by atoms with Crippen LogP contribution in [0.2, 0.25) is 10.0 Å². The molecular weight excluding hydrogens is 625 g/mol. The summed E-state index contributed by atoms with van der Waals surface area (Å²) in [5.41, 5.74) is 1.46. The van der Waals surface area contributed by atoms with E-state index in [0.29, 0.717) is 37.0 Å². The number of benzene rings is 3. The standard InChI is InChI=1S/C28H19Cl2N3O7S2/c1-39-20-10-13(3-9-19(20)40-12-14-2-4-15(29)11-18(14)30)21-22-24(41-25-23(21)42-28(36)31-25)27(35)32(26(22)34)16-5-7-17(8-6-16)33(37)38/h2-11,21-22,24H,12H2,1H3,(H,31,36)/t21-,22?,24?/m1/s1. The first-order chi connectivity index (χ1) is 20.2. The predicted octanol–water partition coefficient (Wildman–Crippen LogP) is 6.03. The first-order valence-corrected chi connectivity index (χ1v) is 14.9. The summed E-state index contributed by atoms with van der Waals surface area (Å²) in [4.78, 5) is 54.7. The van der Waals surface area contributed by atoms with Gasteiger partial charge in [0.2, 0.25) is 11.8 Å². The molecule has 0 aliphatic carbocycles. The molecule has 2 aliphatic heterocycles. The summed E-state index contributed by atoms with van der Waals surface area (Å²) in [5, 5.41) is 11.8. The zero-order valence-electron chi connectivity index (χ0n) is 21.5. The van der Waals surface area contributed by atoms with Gasteiger partial charge in [-0.1, -0.05) is 58.4 Å². The number of fused-ring (bicyclic) bond motifs is 2. The second kappa shape index (κ2) is 11.1. The summed E-state index contributed by atoms with van der Waals surface area (Å²) < 4.78 is 11.6. The number of thioether (sulfide) groups is 1. The lowest BCUT2D eigenvalue weighted by molar-refractivity contribution is -0.384. The van der Waals surface area contributed by atoms with Gasteiger partial charge in [-0.15, -0.1) is 0 Å². The number of nitrogens with one attached hydrogen (secondary N) is 1. The summed E-state index contributed by atoms with van der Waals surface area (Å²) in [7, 11) is 1.49. The number of hydrogen-bond acceptors (Lipinski definition) is 9. The maximum Gasteiger partial charge on any atom is 0.305 e. The number of aromatic amines is 1. The lowest BCUT2D eigenvalue weighted by Crippen LogP contribution is -2.32. The summed E-state index contributed by atoms with van der Waals surface area (Å²) >= 11 is 14.4. The molecule has 2 aliphatic rings. The van der Waals surface area contributed by atoms with Crippen LogP contribution in [0.4, 0.5) is 11.4 Å². The summed E-state index contributed by atoms with van der Waals surface area (Å²) in [6.07, 6.45) is 0. The predicted molar refractivity (Wildman–Crippen MR) is 159 cm³/mol. The van der Waals surface area contributed by atoms with Crippen LogP contribution in [0.25, 0.3) is 0 Å². The van der Waals surface area contributed by atoms with E-state index in [4.69, 9.17) is 32.7 Å². The number of non-ortho nitro benzene ring substituents is 1. The molecule has 214 valence electrons. The number of hydrogen-bond donors (Lipinski definition) is 1. The lowest BCUT2D eigenvalue weighted by Gasteiger charge is -2.30. The van der Waals surface area contributed by atoms with Gasteiger partial charge in [-0.05, 0) is 42.0 Å². The Morgan fingerprint density at radius 3 is 2.45 bits per heavy atom. The van der Waals surface area contributed by atoms with Crippen molar-refractivity contribution in [1.82, 2.24) is 4.98 Å². The van der Waals surface area contributed by atoms with E-state index in [-0.39, 0.29) is 22.9 Å². The first-order valence-electron chi connectivity index (χ1n) is 12.4. The number of carbonyl (C=O) groups is 2. The van der Waals surface area contributed by atoms with Gasteiger partial charge < -0.3 is 14.5 Å². The zero-order chi connectivity index (χ0) is 29.7. The van der Waals surface area contributed by atoms with Crippen LogP contribution in [0, 0.1) is 16.0 Å². The van der Waals surface area contributed by atoms with Crippen LogP contribution < -0.4 is 19.2 Å². The minimum absolute atomic E-state index is 0.150. The SMILES string of the molecule is COc1cc([C@H]2c3sc(=O)[nH]c3SC3C(=O)N(c4ccc([N+](=O)[O-])cc4)C(=O)C32)ccc1OCc1ccc(Cl)cc1Cl. The van der Waals surface area contributed by atoms with Crippen molar-refractivity contribution in [2.24, 2.45) is 5.92 Å². The third-order valence-corrected chi connectivity index (χ3v) is 10.1. The van der Waals surface area contributed by atoms with E-state index in [1.165, 1.54) is 31.4 Å². The van der Waals surface area contributed by atoms with Crippen LogP contribution in [-0.2, 0) is 16.2 Å². The van der Waals surface area contributed by atoms with Crippen LogP contribution in [0.5, 0.6) is 11.5 Å². The van der Waals surface area contributed by atoms with Crippen LogP contribution in [-0.4, -0.2) is 34.1 Å². The number of nitrogens with zero attached hydrogens (tertiary/aromatic N) is 2. The molecule has 3 heterocycles. The highest BCUT2D eigenvalue weighted by atomic mass is 35.5. The molecule has 1 aromatic heterocycles. The van der Waals surface area contributed by atoms with Gasteiger partial charge in [0.25, 0.3) is 5.69 Å². The highest BCUT2D eigenvalue weighted by Crippen LogP contribution is 2.54. The molecule has 3 aromatic carbocycles. The highest BCUT2D eigenvalue weighted by Gasteiger charge is 2.56. The fourth-order valence-electron chi connectivity index (χ4n) is 5.15. The number of nitro benzene ring substituents is 1. The Morgan fingerprint density at radius 2 is 1.76 bits per heavy atom. The number of halogens is 2. The molecule has 2 unspecified atom stereocenters. The number of amides is 2. The molecule has 0 radical (unpaired) electrons.